The van der Waals surface area contributed by atoms with Gasteiger partial charge in [0.15, 0.2) is 5.11 Å². The number of thiocarbonyl (C=S) groups is 1. The fraction of sp³-hybridized carbons (Fsp3) is 0.174. The Labute approximate surface area is 170 Å². The highest BCUT2D eigenvalue weighted by atomic mass is 32.1. The third-order valence-electron chi connectivity index (χ3n) is 4.82. The molecular formula is C23H22N2O2S. The first kappa shape index (κ1) is 18.3. The van der Waals surface area contributed by atoms with E-state index in [-0.39, 0.29) is 6.10 Å². The van der Waals surface area contributed by atoms with Crippen LogP contribution in [-0.4, -0.2) is 31.2 Å². The monoisotopic (exact) mass is 390 g/mol. The fourth-order valence-electron chi connectivity index (χ4n) is 3.43. The molecule has 1 unspecified atom stereocenters. The first-order valence-corrected chi connectivity index (χ1v) is 9.50. The second kappa shape index (κ2) is 7.52. The summed E-state index contributed by atoms with van der Waals surface area (Å²) in [7, 11) is 5.53. The predicted octanol–water partition coefficient (Wildman–Crippen LogP) is 5.10. The summed E-state index contributed by atoms with van der Waals surface area (Å²) in [6, 6.07) is 22.4. The third kappa shape index (κ3) is 3.29. The lowest BCUT2D eigenvalue weighted by molar-refractivity contribution is 0.242. The van der Waals surface area contributed by atoms with Crippen molar-refractivity contribution in [2.45, 2.75) is 6.10 Å². The van der Waals surface area contributed by atoms with E-state index in [1.54, 1.807) is 7.11 Å². The summed E-state index contributed by atoms with van der Waals surface area (Å²) >= 11 is 5.40. The lowest BCUT2D eigenvalue weighted by Crippen LogP contribution is -2.27. The molecule has 142 valence electrons. The van der Waals surface area contributed by atoms with Crippen LogP contribution in [0.1, 0.15) is 17.2 Å². The molecule has 1 N–H and O–H groups in total. The molecule has 0 radical (unpaired) electrons. The van der Waals surface area contributed by atoms with Gasteiger partial charge < -0.3 is 19.7 Å². The van der Waals surface area contributed by atoms with Gasteiger partial charge in [0.25, 0.3) is 0 Å². The molecule has 3 aromatic rings. The summed E-state index contributed by atoms with van der Waals surface area (Å²) in [6.45, 7) is 0. The first-order valence-electron chi connectivity index (χ1n) is 9.09. The Morgan fingerprint density at radius 2 is 1.82 bits per heavy atom. The van der Waals surface area contributed by atoms with E-state index in [1.165, 1.54) is 0 Å². The summed E-state index contributed by atoms with van der Waals surface area (Å²) in [6.07, 6.45) is -0.203. The maximum absolute atomic E-state index is 6.44. The number of nitrogens with one attached hydrogen (secondary N) is 1. The standard InChI is InChI=1S/C23H22N2O2S/c1-25(2)23(28)24-16-12-13-17-18(14-16)22(15-8-5-4-6-9-15)27-20-11-7-10-19(26-3)21(17)20/h4-14,22H,1-3H3,(H,24,28). The Hall–Kier alpha value is -3.05. The summed E-state index contributed by atoms with van der Waals surface area (Å²) in [4.78, 5) is 1.87. The molecule has 4 nitrogen and oxygen atoms in total. The molecule has 4 rings (SSSR count). The molecule has 0 saturated heterocycles. The molecule has 0 spiro atoms. The van der Waals surface area contributed by atoms with Crippen molar-refractivity contribution in [3.05, 3.63) is 77.9 Å². The minimum atomic E-state index is -0.203. The predicted molar refractivity (Wildman–Crippen MR) is 117 cm³/mol. The van der Waals surface area contributed by atoms with E-state index in [0.717, 1.165) is 39.4 Å². The molecule has 5 heteroatoms. The first-order chi connectivity index (χ1) is 13.6. The Kier molecular flexibility index (Phi) is 4.92. The molecule has 1 aliphatic heterocycles. The van der Waals surface area contributed by atoms with Gasteiger partial charge in [0, 0.05) is 25.3 Å². The highest BCUT2D eigenvalue weighted by Gasteiger charge is 2.29. The van der Waals surface area contributed by atoms with Gasteiger partial charge in [-0.15, -0.1) is 0 Å². The van der Waals surface area contributed by atoms with Crippen molar-refractivity contribution in [3.63, 3.8) is 0 Å². The minimum Gasteiger partial charge on any atom is -0.496 e. The molecule has 0 aromatic heterocycles. The molecule has 1 atom stereocenters. The minimum absolute atomic E-state index is 0.203. The van der Waals surface area contributed by atoms with Gasteiger partial charge >= 0.3 is 0 Å². The Bertz CT molecular complexity index is 1020. The molecule has 0 aliphatic carbocycles. The smallest absolute Gasteiger partial charge is 0.172 e. The number of hydrogen-bond acceptors (Lipinski definition) is 3. The van der Waals surface area contributed by atoms with E-state index in [1.807, 2.05) is 61.5 Å². The Morgan fingerprint density at radius 3 is 2.54 bits per heavy atom. The lowest BCUT2D eigenvalue weighted by Gasteiger charge is -2.30. The molecule has 0 saturated carbocycles. The second-order valence-corrected chi connectivity index (χ2v) is 7.26. The number of benzene rings is 3. The lowest BCUT2D eigenvalue weighted by atomic mass is 9.88. The summed E-state index contributed by atoms with van der Waals surface area (Å²) in [5.41, 5.74) is 5.20. The van der Waals surface area contributed by atoms with Crippen LogP contribution in [-0.2, 0) is 0 Å². The van der Waals surface area contributed by atoms with Crippen molar-refractivity contribution in [1.82, 2.24) is 4.90 Å². The zero-order valence-electron chi connectivity index (χ0n) is 16.1. The molecular weight excluding hydrogens is 368 g/mol. The van der Waals surface area contributed by atoms with Crippen LogP contribution in [0.2, 0.25) is 0 Å². The van der Waals surface area contributed by atoms with E-state index in [9.17, 15) is 0 Å². The van der Waals surface area contributed by atoms with E-state index in [4.69, 9.17) is 21.7 Å². The Balaban J connectivity index is 1.87. The van der Waals surface area contributed by atoms with Crippen molar-refractivity contribution in [2.24, 2.45) is 0 Å². The molecule has 1 aliphatic rings. The zero-order valence-corrected chi connectivity index (χ0v) is 16.9. The summed E-state index contributed by atoms with van der Waals surface area (Å²) in [5, 5.41) is 3.94. The quantitative estimate of drug-likeness (QED) is 0.629. The largest absolute Gasteiger partial charge is 0.496 e. The number of nitrogens with zero attached hydrogens (tertiary/aromatic N) is 1. The van der Waals surface area contributed by atoms with Gasteiger partial charge in [-0.1, -0.05) is 42.5 Å². The molecule has 28 heavy (non-hydrogen) atoms. The van der Waals surface area contributed by atoms with E-state index in [2.05, 4.69) is 29.6 Å². The Morgan fingerprint density at radius 1 is 1.04 bits per heavy atom. The number of fused-ring (bicyclic) bond motifs is 3. The van der Waals surface area contributed by atoms with Crippen LogP contribution in [0.25, 0.3) is 11.1 Å². The van der Waals surface area contributed by atoms with Crippen LogP contribution in [0.5, 0.6) is 11.5 Å². The van der Waals surface area contributed by atoms with Crippen molar-refractivity contribution >= 4 is 23.0 Å². The summed E-state index contributed by atoms with van der Waals surface area (Å²) in [5.74, 6) is 1.63. The van der Waals surface area contributed by atoms with Gasteiger partial charge in [-0.05, 0) is 47.6 Å². The van der Waals surface area contributed by atoms with Gasteiger partial charge in [0.2, 0.25) is 0 Å². The molecule has 1 heterocycles. The van der Waals surface area contributed by atoms with Crippen LogP contribution in [0, 0.1) is 0 Å². The molecule has 0 bridgehead atoms. The topological polar surface area (TPSA) is 33.7 Å². The normalized spacial score (nSPS) is 14.3. The van der Waals surface area contributed by atoms with Crippen molar-refractivity contribution in [1.29, 1.82) is 0 Å². The fourth-order valence-corrected chi connectivity index (χ4v) is 3.55. The van der Waals surface area contributed by atoms with Crippen molar-refractivity contribution in [3.8, 4) is 22.6 Å². The highest BCUT2D eigenvalue weighted by molar-refractivity contribution is 7.80. The van der Waals surface area contributed by atoms with Gasteiger partial charge in [0.1, 0.15) is 17.6 Å². The third-order valence-corrected chi connectivity index (χ3v) is 5.28. The van der Waals surface area contributed by atoms with Gasteiger partial charge in [0.05, 0.1) is 12.7 Å². The molecule has 0 fully saturated rings. The average Bonchev–Trinajstić information content (AvgIpc) is 2.73. The van der Waals surface area contributed by atoms with Gasteiger partial charge in [-0.3, -0.25) is 0 Å². The van der Waals surface area contributed by atoms with Crippen LogP contribution >= 0.6 is 12.2 Å². The maximum atomic E-state index is 6.44. The number of anilines is 1. The molecule has 0 amide bonds. The summed E-state index contributed by atoms with van der Waals surface area (Å²) < 4.78 is 12.1. The van der Waals surface area contributed by atoms with Crippen molar-refractivity contribution in [2.75, 3.05) is 26.5 Å². The second-order valence-electron chi connectivity index (χ2n) is 6.87. The van der Waals surface area contributed by atoms with E-state index in [0.29, 0.717) is 5.11 Å². The SMILES string of the molecule is COc1cccc2c1-c1ccc(NC(=S)N(C)C)cc1C(c1ccccc1)O2. The van der Waals surface area contributed by atoms with Gasteiger partial charge in [-0.2, -0.15) is 0 Å². The van der Waals surface area contributed by atoms with E-state index < -0.39 is 0 Å². The van der Waals surface area contributed by atoms with Crippen LogP contribution < -0.4 is 14.8 Å². The molecule has 3 aromatic carbocycles. The maximum Gasteiger partial charge on any atom is 0.172 e. The van der Waals surface area contributed by atoms with E-state index >= 15 is 0 Å². The average molecular weight is 391 g/mol. The zero-order chi connectivity index (χ0) is 19.7. The number of rotatable bonds is 3. The van der Waals surface area contributed by atoms with Gasteiger partial charge in [-0.25, -0.2) is 0 Å². The van der Waals surface area contributed by atoms with Crippen molar-refractivity contribution < 1.29 is 9.47 Å². The number of methoxy groups -OCH3 is 1. The van der Waals surface area contributed by atoms with Crippen LogP contribution in [0.4, 0.5) is 5.69 Å². The van der Waals surface area contributed by atoms with Crippen LogP contribution in [0.3, 0.4) is 0 Å². The van der Waals surface area contributed by atoms with Crippen LogP contribution in [0.15, 0.2) is 66.7 Å². The highest BCUT2D eigenvalue weighted by Crippen LogP contribution is 2.49. The number of ether oxygens (including phenoxy) is 2. The number of hydrogen-bond donors (Lipinski definition) is 1.